The summed E-state index contributed by atoms with van der Waals surface area (Å²) in [5.74, 6) is -1.36. The molecule has 3 aromatic rings. The summed E-state index contributed by atoms with van der Waals surface area (Å²) in [7, 11) is 1.56. The molecular formula is C29H31ClF2N6O5. The number of nitrogens with one attached hydrogen (secondary N) is 3. The van der Waals surface area contributed by atoms with Gasteiger partial charge >= 0.3 is 12.1 Å². The van der Waals surface area contributed by atoms with Crippen molar-refractivity contribution in [3.8, 4) is 11.3 Å². The van der Waals surface area contributed by atoms with Crippen LogP contribution in [-0.4, -0.2) is 78.4 Å². The Kier molecular flexibility index (Phi) is 9.11. The van der Waals surface area contributed by atoms with Crippen LogP contribution in [0.5, 0.6) is 0 Å². The number of benzene rings is 2. The van der Waals surface area contributed by atoms with E-state index in [1.54, 1.807) is 24.1 Å². The van der Waals surface area contributed by atoms with Crippen LogP contribution in [0.1, 0.15) is 18.4 Å². The molecule has 1 aromatic heterocycles. The van der Waals surface area contributed by atoms with Crippen LogP contribution in [0.15, 0.2) is 53.1 Å². The number of ether oxygens (including phenoxy) is 1. The minimum absolute atomic E-state index is 0.0161. The summed E-state index contributed by atoms with van der Waals surface area (Å²) in [6.07, 6.45) is -0.257. The molecule has 0 spiro atoms. The van der Waals surface area contributed by atoms with Crippen LogP contribution in [0.4, 0.5) is 24.3 Å². The van der Waals surface area contributed by atoms with Gasteiger partial charge in [-0.3, -0.25) is 10.1 Å². The predicted molar refractivity (Wildman–Crippen MR) is 153 cm³/mol. The van der Waals surface area contributed by atoms with Crippen LogP contribution in [-0.2, 0) is 16.1 Å². The van der Waals surface area contributed by atoms with Crippen molar-refractivity contribution in [3.63, 3.8) is 0 Å². The quantitative estimate of drug-likeness (QED) is 0.328. The first-order chi connectivity index (χ1) is 20.7. The molecule has 2 aliphatic rings. The van der Waals surface area contributed by atoms with E-state index >= 15 is 0 Å². The van der Waals surface area contributed by atoms with Gasteiger partial charge in [-0.2, -0.15) is 0 Å². The topological polar surface area (TPSA) is 129 Å². The van der Waals surface area contributed by atoms with Gasteiger partial charge in [-0.05, 0) is 36.1 Å². The second-order valence-corrected chi connectivity index (χ2v) is 10.9. The molecule has 14 heteroatoms. The highest BCUT2D eigenvalue weighted by Crippen LogP contribution is 2.50. The zero-order chi connectivity index (χ0) is 30.6. The molecule has 0 radical (unpaired) electrons. The molecule has 2 aromatic carbocycles. The number of rotatable bonds is 9. The number of hydrogen-bond donors (Lipinski definition) is 3. The summed E-state index contributed by atoms with van der Waals surface area (Å²) in [4.78, 5) is 42.1. The number of urea groups is 1. The predicted octanol–water partition coefficient (Wildman–Crippen LogP) is 4.24. The number of carbonyl (C=O) groups is 3. The number of hydrogen-bond acceptors (Lipinski definition) is 7. The van der Waals surface area contributed by atoms with Gasteiger partial charge < -0.3 is 29.7 Å². The molecule has 11 nitrogen and oxygen atoms in total. The Morgan fingerprint density at radius 1 is 1.19 bits per heavy atom. The van der Waals surface area contributed by atoms with Gasteiger partial charge in [0.1, 0.15) is 23.9 Å². The lowest BCUT2D eigenvalue weighted by Gasteiger charge is -2.31. The normalized spacial score (nSPS) is 19.4. The number of anilines is 1. The van der Waals surface area contributed by atoms with E-state index in [9.17, 15) is 23.2 Å². The minimum Gasteiger partial charge on any atom is -0.447 e. The third kappa shape index (κ3) is 7.05. The van der Waals surface area contributed by atoms with E-state index < -0.39 is 29.3 Å². The van der Waals surface area contributed by atoms with Gasteiger partial charge in [0.15, 0.2) is 0 Å². The number of nitrogens with zero attached hydrogens (tertiary/aromatic N) is 3. The molecule has 1 aliphatic heterocycles. The third-order valence-electron chi connectivity index (χ3n) is 7.83. The number of carbonyl (C=O) groups excluding carboxylic acids is 3. The number of amides is 4. The smallest absolute Gasteiger partial charge is 0.414 e. The van der Waals surface area contributed by atoms with E-state index in [0.29, 0.717) is 49.4 Å². The molecule has 5 rings (SSSR count). The molecule has 228 valence electrons. The van der Waals surface area contributed by atoms with E-state index in [4.69, 9.17) is 20.9 Å². The summed E-state index contributed by atoms with van der Waals surface area (Å²) in [5.41, 5.74) is 0.227. The molecule has 3 N–H and O–H groups in total. The zero-order valence-corrected chi connectivity index (χ0v) is 24.1. The molecular weight excluding hydrogens is 586 g/mol. The maximum Gasteiger partial charge on any atom is 0.414 e. The second kappa shape index (κ2) is 13.0. The van der Waals surface area contributed by atoms with Crippen molar-refractivity contribution in [2.45, 2.75) is 24.9 Å². The van der Waals surface area contributed by atoms with E-state index in [-0.39, 0.29) is 42.3 Å². The van der Waals surface area contributed by atoms with Gasteiger partial charge in [-0.25, -0.2) is 18.4 Å². The Bertz CT molecular complexity index is 1500. The highest BCUT2D eigenvalue weighted by Gasteiger charge is 2.60. The lowest BCUT2D eigenvalue weighted by atomic mass is 10.1. The van der Waals surface area contributed by atoms with E-state index in [1.807, 2.05) is 0 Å². The molecule has 43 heavy (non-hydrogen) atoms. The van der Waals surface area contributed by atoms with Gasteiger partial charge in [-0.1, -0.05) is 41.0 Å². The van der Waals surface area contributed by atoms with Gasteiger partial charge in [0.25, 0.3) is 0 Å². The van der Waals surface area contributed by atoms with Crippen LogP contribution in [0.2, 0.25) is 5.02 Å². The number of aromatic nitrogens is 1. The molecule has 4 amide bonds. The highest BCUT2D eigenvalue weighted by molar-refractivity contribution is 6.31. The Labute approximate surface area is 251 Å². The van der Waals surface area contributed by atoms with Gasteiger partial charge in [-0.15, -0.1) is 0 Å². The lowest BCUT2D eigenvalue weighted by Crippen LogP contribution is -2.50. The van der Waals surface area contributed by atoms with Crippen LogP contribution >= 0.6 is 11.6 Å². The molecule has 1 unspecified atom stereocenters. The molecule has 0 bridgehead atoms. The van der Waals surface area contributed by atoms with Gasteiger partial charge in [0.05, 0.1) is 10.6 Å². The lowest BCUT2D eigenvalue weighted by molar-refractivity contribution is -0.132. The monoisotopic (exact) mass is 616 g/mol. The van der Waals surface area contributed by atoms with Crippen molar-refractivity contribution in [1.29, 1.82) is 0 Å². The van der Waals surface area contributed by atoms with Crippen LogP contribution in [0.3, 0.4) is 0 Å². The summed E-state index contributed by atoms with van der Waals surface area (Å²) < 4.78 is 38.1. The van der Waals surface area contributed by atoms with Crippen molar-refractivity contribution in [3.05, 3.63) is 70.8 Å². The summed E-state index contributed by atoms with van der Waals surface area (Å²) in [5, 5.41) is 12.1. The van der Waals surface area contributed by atoms with Crippen molar-refractivity contribution < 1.29 is 32.4 Å². The average Bonchev–Trinajstić information content (AvgIpc) is 3.50. The molecule has 1 saturated carbocycles. The number of likely N-dealkylation sites (N-methyl/N-ethyl adjacent to an activating group) is 1. The maximum absolute atomic E-state index is 13.8. The Morgan fingerprint density at radius 2 is 1.95 bits per heavy atom. The Morgan fingerprint density at radius 3 is 2.72 bits per heavy atom. The molecule has 1 saturated heterocycles. The summed E-state index contributed by atoms with van der Waals surface area (Å²) >= 11 is 6.03. The number of halogens is 3. The molecule has 2 fully saturated rings. The van der Waals surface area contributed by atoms with Crippen molar-refractivity contribution in [2.75, 3.05) is 45.2 Å². The fraction of sp³-hybridized carbons (Fsp3) is 0.379. The maximum atomic E-state index is 13.8. The Balaban J connectivity index is 1.23. The Hall–Kier alpha value is -4.23. The SMILES string of the molecule is CN(C(=O)NCc1cccc(F)c1Cl)C1(COC(=O)Nc2cc(-c3cccc(F)c3)no2)C[C@H]1CC(=O)N1CCNCC1. The first kappa shape index (κ1) is 30.2. The average molecular weight is 617 g/mol. The van der Waals surface area contributed by atoms with Gasteiger partial charge in [0, 0.05) is 57.8 Å². The molecule has 2 heterocycles. The van der Waals surface area contributed by atoms with E-state index in [1.165, 1.54) is 41.3 Å². The minimum atomic E-state index is -0.953. The molecule has 1 aliphatic carbocycles. The number of piperazine rings is 1. The first-order valence-electron chi connectivity index (χ1n) is 13.8. The van der Waals surface area contributed by atoms with Crippen LogP contribution < -0.4 is 16.0 Å². The largest absolute Gasteiger partial charge is 0.447 e. The first-order valence-corrected chi connectivity index (χ1v) is 14.1. The van der Waals surface area contributed by atoms with Crippen LogP contribution in [0.25, 0.3) is 11.3 Å². The molecule has 2 atom stereocenters. The second-order valence-electron chi connectivity index (χ2n) is 10.6. The standard InChI is InChI=1S/C29H31ClF2N6O5/c1-37(27(40)34-16-19-5-3-7-22(32)26(19)30)29(15-20(29)13-25(39)38-10-8-33-9-11-38)17-42-28(41)35-24-14-23(36-43-24)18-4-2-6-21(31)12-18/h2-7,12,14,20,33H,8-11,13,15-17H2,1H3,(H,34,40)(H,35,41)/t20-,29?/m1/s1. The highest BCUT2D eigenvalue weighted by atomic mass is 35.5. The van der Waals surface area contributed by atoms with E-state index in [2.05, 4.69) is 21.1 Å². The third-order valence-corrected chi connectivity index (χ3v) is 8.26. The van der Waals surface area contributed by atoms with Crippen molar-refractivity contribution >= 4 is 35.5 Å². The van der Waals surface area contributed by atoms with E-state index in [0.717, 1.165) is 0 Å². The summed E-state index contributed by atoms with van der Waals surface area (Å²) in [6, 6.07) is 11.0. The van der Waals surface area contributed by atoms with Crippen LogP contribution in [0, 0.1) is 17.6 Å². The fourth-order valence-corrected chi connectivity index (χ4v) is 5.38. The fourth-order valence-electron chi connectivity index (χ4n) is 5.19. The summed E-state index contributed by atoms with van der Waals surface area (Å²) in [6.45, 7) is 2.37. The van der Waals surface area contributed by atoms with Gasteiger partial charge in [0.2, 0.25) is 11.8 Å². The van der Waals surface area contributed by atoms with Crippen molar-refractivity contribution in [2.24, 2.45) is 5.92 Å². The zero-order valence-electron chi connectivity index (χ0n) is 23.4. The van der Waals surface area contributed by atoms with Crippen molar-refractivity contribution in [1.82, 2.24) is 25.6 Å².